The van der Waals surface area contributed by atoms with Crippen LogP contribution in [0.5, 0.6) is 11.5 Å². The fourth-order valence-corrected chi connectivity index (χ4v) is 2.28. The Morgan fingerprint density at radius 2 is 1.95 bits per heavy atom. The molecular weight excluding hydrogens is 280 g/mol. The smallest absolute Gasteiger partial charge is 0.387 e. The summed E-state index contributed by atoms with van der Waals surface area (Å²) >= 11 is 0. The molecule has 0 aliphatic rings. The van der Waals surface area contributed by atoms with Crippen molar-refractivity contribution in [2.24, 2.45) is 7.05 Å². The molecule has 1 heterocycles. The molecule has 0 aliphatic carbocycles. The van der Waals surface area contributed by atoms with Gasteiger partial charge in [-0.3, -0.25) is 4.68 Å². The van der Waals surface area contributed by atoms with Gasteiger partial charge in [0, 0.05) is 12.6 Å². The predicted octanol–water partition coefficient (Wildman–Crippen LogP) is 2.34. The highest BCUT2D eigenvalue weighted by Gasteiger charge is 2.24. The molecule has 7 heteroatoms. The van der Waals surface area contributed by atoms with Gasteiger partial charge in [0.25, 0.3) is 0 Å². The van der Waals surface area contributed by atoms with E-state index in [4.69, 9.17) is 4.74 Å². The van der Waals surface area contributed by atoms with Gasteiger partial charge in [0.05, 0.1) is 19.3 Å². The van der Waals surface area contributed by atoms with E-state index in [1.807, 2.05) is 0 Å². The minimum atomic E-state index is -2.88. The van der Waals surface area contributed by atoms with Gasteiger partial charge in [-0.25, -0.2) is 0 Å². The van der Waals surface area contributed by atoms with Gasteiger partial charge >= 0.3 is 6.61 Å². The van der Waals surface area contributed by atoms with Crippen LogP contribution in [0.15, 0.2) is 30.5 Å². The molecule has 0 aliphatic heterocycles. The lowest BCUT2D eigenvalue weighted by Crippen LogP contribution is -2.22. The number of nitrogens with zero attached hydrogens (tertiary/aromatic N) is 2. The molecular formula is C14H17F2N3O2. The van der Waals surface area contributed by atoms with Crippen molar-refractivity contribution in [3.05, 3.63) is 41.7 Å². The van der Waals surface area contributed by atoms with Crippen LogP contribution in [0, 0.1) is 0 Å². The number of alkyl halides is 2. The topological polar surface area (TPSA) is 48.3 Å². The second-order valence-electron chi connectivity index (χ2n) is 4.36. The van der Waals surface area contributed by atoms with Gasteiger partial charge in [-0.05, 0) is 13.1 Å². The molecule has 1 unspecified atom stereocenters. The third-order valence-electron chi connectivity index (χ3n) is 3.18. The van der Waals surface area contributed by atoms with Crippen LogP contribution in [0.2, 0.25) is 0 Å². The number of para-hydroxylation sites is 1. The molecule has 1 aromatic carbocycles. The number of methoxy groups -OCH3 is 1. The van der Waals surface area contributed by atoms with Gasteiger partial charge in [-0.1, -0.05) is 18.2 Å². The molecule has 0 bridgehead atoms. The summed E-state index contributed by atoms with van der Waals surface area (Å²) in [5.74, 6) is 0.693. The number of halogens is 2. The molecule has 0 spiro atoms. The second-order valence-corrected chi connectivity index (χ2v) is 4.36. The van der Waals surface area contributed by atoms with Crippen LogP contribution in [0.25, 0.3) is 0 Å². The fourth-order valence-electron chi connectivity index (χ4n) is 2.28. The lowest BCUT2D eigenvalue weighted by Gasteiger charge is -2.21. The summed E-state index contributed by atoms with van der Waals surface area (Å²) in [4.78, 5) is 0. The monoisotopic (exact) mass is 297 g/mol. The van der Waals surface area contributed by atoms with Crippen LogP contribution >= 0.6 is 0 Å². The predicted molar refractivity (Wildman–Crippen MR) is 73.7 cm³/mol. The van der Waals surface area contributed by atoms with Gasteiger partial charge in [0.15, 0.2) is 5.75 Å². The lowest BCUT2D eigenvalue weighted by molar-refractivity contribution is -0.0506. The van der Waals surface area contributed by atoms with E-state index in [-0.39, 0.29) is 11.8 Å². The normalized spacial score (nSPS) is 12.5. The van der Waals surface area contributed by atoms with Crippen LogP contribution in [-0.4, -0.2) is 30.5 Å². The standard InChI is InChI=1S/C14H17F2N3O2/c1-17-12(13-11(20-3)8-18-19(13)2)9-6-4-5-7-10(9)21-14(15)16/h4-8,12,14,17H,1-3H3. The van der Waals surface area contributed by atoms with Gasteiger partial charge in [-0.2, -0.15) is 13.9 Å². The number of aryl methyl sites for hydroxylation is 1. The Kier molecular flexibility index (Phi) is 4.74. The maximum atomic E-state index is 12.6. The molecule has 1 aromatic heterocycles. The quantitative estimate of drug-likeness (QED) is 0.889. The summed E-state index contributed by atoms with van der Waals surface area (Å²) in [6.45, 7) is -2.88. The molecule has 5 nitrogen and oxygen atoms in total. The zero-order chi connectivity index (χ0) is 15.4. The number of nitrogens with one attached hydrogen (secondary N) is 1. The van der Waals surface area contributed by atoms with Crippen LogP contribution in [0.4, 0.5) is 8.78 Å². The van der Waals surface area contributed by atoms with Crippen molar-refractivity contribution in [3.63, 3.8) is 0 Å². The summed E-state index contributed by atoms with van der Waals surface area (Å²) in [7, 11) is 5.03. The van der Waals surface area contributed by atoms with Crippen molar-refractivity contribution in [2.45, 2.75) is 12.7 Å². The summed E-state index contributed by atoms with van der Waals surface area (Å²) < 4.78 is 36.6. The van der Waals surface area contributed by atoms with Crippen LogP contribution in [0.1, 0.15) is 17.3 Å². The van der Waals surface area contributed by atoms with Gasteiger partial charge in [0.2, 0.25) is 0 Å². The van der Waals surface area contributed by atoms with Crippen molar-refractivity contribution < 1.29 is 18.3 Å². The fraction of sp³-hybridized carbons (Fsp3) is 0.357. The summed E-state index contributed by atoms with van der Waals surface area (Å²) in [6.07, 6.45) is 1.58. The van der Waals surface area contributed by atoms with E-state index in [0.29, 0.717) is 11.3 Å². The first-order chi connectivity index (χ1) is 10.1. The highest BCUT2D eigenvalue weighted by Crippen LogP contribution is 2.34. The Labute approximate surface area is 121 Å². The molecule has 0 saturated heterocycles. The first-order valence-corrected chi connectivity index (χ1v) is 6.35. The average molecular weight is 297 g/mol. The maximum Gasteiger partial charge on any atom is 0.387 e. The lowest BCUT2D eigenvalue weighted by atomic mass is 10.0. The van der Waals surface area contributed by atoms with Crippen molar-refractivity contribution in [2.75, 3.05) is 14.2 Å². The molecule has 2 aromatic rings. The largest absolute Gasteiger partial charge is 0.493 e. The Hall–Kier alpha value is -2.15. The molecule has 0 radical (unpaired) electrons. The molecule has 2 rings (SSSR count). The molecule has 21 heavy (non-hydrogen) atoms. The molecule has 0 fully saturated rings. The number of hydrogen-bond acceptors (Lipinski definition) is 4. The van der Waals surface area contributed by atoms with E-state index in [9.17, 15) is 8.78 Å². The van der Waals surface area contributed by atoms with Gasteiger partial charge in [-0.15, -0.1) is 0 Å². The Bertz CT molecular complexity index is 602. The Balaban J connectivity index is 2.49. The highest BCUT2D eigenvalue weighted by molar-refractivity contribution is 5.43. The van der Waals surface area contributed by atoms with E-state index in [2.05, 4.69) is 15.2 Å². The first-order valence-electron chi connectivity index (χ1n) is 6.35. The number of rotatable bonds is 6. The molecule has 1 N–H and O–H groups in total. The summed E-state index contributed by atoms with van der Waals surface area (Å²) in [5.41, 5.74) is 1.31. The van der Waals surface area contributed by atoms with Crippen LogP contribution in [-0.2, 0) is 7.05 Å². The van der Waals surface area contributed by atoms with Crippen molar-refractivity contribution >= 4 is 0 Å². The van der Waals surface area contributed by atoms with E-state index in [0.717, 1.165) is 5.69 Å². The zero-order valence-corrected chi connectivity index (χ0v) is 12.0. The van der Waals surface area contributed by atoms with Crippen molar-refractivity contribution in [1.29, 1.82) is 0 Å². The second kappa shape index (κ2) is 6.53. The third kappa shape index (κ3) is 3.13. The van der Waals surface area contributed by atoms with Crippen molar-refractivity contribution in [3.8, 4) is 11.5 Å². The zero-order valence-electron chi connectivity index (χ0n) is 12.0. The molecule has 0 saturated carbocycles. The minimum Gasteiger partial charge on any atom is -0.493 e. The Morgan fingerprint density at radius 3 is 2.57 bits per heavy atom. The number of ether oxygens (including phenoxy) is 2. The van der Waals surface area contributed by atoms with Gasteiger partial charge in [0.1, 0.15) is 11.4 Å². The van der Waals surface area contributed by atoms with E-state index in [1.165, 1.54) is 13.2 Å². The third-order valence-corrected chi connectivity index (χ3v) is 3.18. The molecule has 1 atom stereocenters. The average Bonchev–Trinajstić information content (AvgIpc) is 2.82. The maximum absolute atomic E-state index is 12.6. The number of aromatic nitrogens is 2. The number of benzene rings is 1. The van der Waals surface area contributed by atoms with Crippen molar-refractivity contribution in [1.82, 2.24) is 15.1 Å². The molecule has 0 amide bonds. The van der Waals surface area contributed by atoms with E-state index >= 15 is 0 Å². The van der Waals surface area contributed by atoms with Crippen LogP contribution < -0.4 is 14.8 Å². The Morgan fingerprint density at radius 1 is 1.24 bits per heavy atom. The SMILES string of the molecule is CNC(c1ccccc1OC(F)F)c1c(OC)cnn1C. The molecule has 114 valence electrons. The summed E-state index contributed by atoms with van der Waals surface area (Å²) in [6, 6.07) is 6.26. The number of hydrogen-bond donors (Lipinski definition) is 1. The first kappa shape index (κ1) is 15.2. The summed E-state index contributed by atoms with van der Waals surface area (Å²) in [5, 5.41) is 7.22. The van der Waals surface area contributed by atoms with Gasteiger partial charge < -0.3 is 14.8 Å². The van der Waals surface area contributed by atoms with E-state index < -0.39 is 6.61 Å². The highest BCUT2D eigenvalue weighted by atomic mass is 19.3. The van der Waals surface area contributed by atoms with Crippen LogP contribution in [0.3, 0.4) is 0 Å². The van der Waals surface area contributed by atoms with E-state index in [1.54, 1.807) is 43.2 Å². The minimum absolute atomic E-state index is 0.120.